The van der Waals surface area contributed by atoms with E-state index in [2.05, 4.69) is 15.4 Å². The van der Waals surface area contributed by atoms with Gasteiger partial charge in [-0.15, -0.1) is 0 Å². The van der Waals surface area contributed by atoms with Crippen LogP contribution in [0, 0.1) is 5.92 Å². The molecule has 8 nitrogen and oxygen atoms in total. The van der Waals surface area contributed by atoms with E-state index in [1.54, 1.807) is 38.1 Å². The molecule has 1 aromatic carbocycles. The van der Waals surface area contributed by atoms with E-state index >= 15 is 0 Å². The van der Waals surface area contributed by atoms with Gasteiger partial charge in [0.05, 0.1) is 16.9 Å². The van der Waals surface area contributed by atoms with E-state index in [9.17, 15) is 14.4 Å². The molecule has 2 heterocycles. The summed E-state index contributed by atoms with van der Waals surface area (Å²) in [4.78, 5) is 41.7. The smallest absolute Gasteiger partial charge is 0.340 e. The lowest BCUT2D eigenvalue weighted by Gasteiger charge is -2.12. The van der Waals surface area contributed by atoms with Crippen LogP contribution in [-0.4, -0.2) is 26.5 Å². The van der Waals surface area contributed by atoms with Crippen molar-refractivity contribution in [3.8, 4) is 0 Å². The molecule has 0 spiro atoms. The standard InChI is InChI=1S/C20H20N4O4S/c1-11(2)17(26)22-15-6-4-3-5-14(15)19(27)28-10-13-9-16(25)24-20(21-13)29-18(23-24)12-7-8-12/h3-6,9,11-12H,7-8,10H2,1-2H3,(H,22,26). The number of nitrogens with zero attached hydrogens (tertiary/aromatic N) is 3. The van der Waals surface area contributed by atoms with Gasteiger partial charge in [-0.05, 0) is 25.0 Å². The number of para-hydroxylation sites is 1. The summed E-state index contributed by atoms with van der Waals surface area (Å²) in [6.07, 6.45) is 2.18. The summed E-state index contributed by atoms with van der Waals surface area (Å²) < 4.78 is 6.64. The zero-order valence-corrected chi connectivity index (χ0v) is 16.9. The molecule has 4 rings (SSSR count). The highest BCUT2D eigenvalue weighted by Crippen LogP contribution is 2.41. The number of carbonyl (C=O) groups excluding carboxylic acids is 2. The maximum Gasteiger partial charge on any atom is 0.340 e. The normalized spacial score (nSPS) is 13.6. The predicted molar refractivity (Wildman–Crippen MR) is 108 cm³/mol. The lowest BCUT2D eigenvalue weighted by Crippen LogP contribution is -2.20. The van der Waals surface area contributed by atoms with Gasteiger partial charge < -0.3 is 10.1 Å². The number of anilines is 1. The largest absolute Gasteiger partial charge is 0.456 e. The number of hydrogen-bond donors (Lipinski definition) is 1. The zero-order valence-electron chi connectivity index (χ0n) is 16.0. The summed E-state index contributed by atoms with van der Waals surface area (Å²) in [5.74, 6) is -0.584. The number of carbonyl (C=O) groups is 2. The lowest BCUT2D eigenvalue weighted by molar-refractivity contribution is -0.118. The molecule has 9 heteroatoms. The highest BCUT2D eigenvalue weighted by Gasteiger charge is 2.28. The fourth-order valence-corrected chi connectivity index (χ4v) is 3.80. The molecular weight excluding hydrogens is 392 g/mol. The Balaban J connectivity index is 1.50. The summed E-state index contributed by atoms with van der Waals surface area (Å²) in [7, 11) is 0. The molecule has 0 aliphatic heterocycles. The zero-order chi connectivity index (χ0) is 20.5. The first-order valence-electron chi connectivity index (χ1n) is 9.39. The van der Waals surface area contributed by atoms with Crippen molar-refractivity contribution in [1.29, 1.82) is 0 Å². The summed E-state index contributed by atoms with van der Waals surface area (Å²) in [5, 5.41) is 7.97. The van der Waals surface area contributed by atoms with E-state index in [0.29, 0.717) is 22.3 Å². The van der Waals surface area contributed by atoms with Gasteiger partial charge in [0, 0.05) is 17.9 Å². The number of nitrogens with one attached hydrogen (secondary N) is 1. The molecular formula is C20H20N4O4S. The van der Waals surface area contributed by atoms with Crippen molar-refractivity contribution in [3.05, 3.63) is 57.0 Å². The minimum absolute atomic E-state index is 0.145. The molecule has 1 aliphatic carbocycles. The predicted octanol–water partition coefficient (Wildman–Crippen LogP) is 2.98. The minimum atomic E-state index is -0.602. The van der Waals surface area contributed by atoms with Crippen LogP contribution in [0.2, 0.25) is 0 Å². The fraction of sp³-hybridized carbons (Fsp3) is 0.350. The van der Waals surface area contributed by atoms with Crippen LogP contribution in [0.3, 0.4) is 0 Å². The number of amides is 1. The maximum atomic E-state index is 12.5. The Kier molecular flexibility index (Phi) is 5.14. The van der Waals surface area contributed by atoms with Gasteiger partial charge in [-0.1, -0.05) is 37.3 Å². The van der Waals surface area contributed by atoms with Crippen LogP contribution in [0.1, 0.15) is 53.7 Å². The van der Waals surface area contributed by atoms with Crippen LogP contribution >= 0.6 is 11.3 Å². The van der Waals surface area contributed by atoms with Crippen molar-refractivity contribution >= 4 is 33.9 Å². The first kappa shape index (κ1) is 19.3. The van der Waals surface area contributed by atoms with Gasteiger partial charge in [0.1, 0.15) is 11.6 Å². The molecule has 0 atom stereocenters. The lowest BCUT2D eigenvalue weighted by atomic mass is 10.1. The van der Waals surface area contributed by atoms with Crippen molar-refractivity contribution in [2.45, 2.75) is 39.2 Å². The monoisotopic (exact) mass is 412 g/mol. The number of fused-ring (bicyclic) bond motifs is 1. The van der Waals surface area contributed by atoms with Crippen LogP contribution in [0.4, 0.5) is 5.69 Å². The Bertz CT molecular complexity index is 1150. The molecule has 0 saturated heterocycles. The van der Waals surface area contributed by atoms with Gasteiger partial charge in [-0.2, -0.15) is 9.61 Å². The Labute approximate surface area is 170 Å². The summed E-state index contributed by atoms with van der Waals surface area (Å²) in [6.45, 7) is 3.39. The average molecular weight is 412 g/mol. The minimum Gasteiger partial charge on any atom is -0.456 e. The first-order chi connectivity index (χ1) is 13.9. The second kappa shape index (κ2) is 7.75. The van der Waals surface area contributed by atoms with Gasteiger partial charge >= 0.3 is 5.97 Å². The van der Waals surface area contributed by atoms with Crippen molar-refractivity contribution in [1.82, 2.24) is 14.6 Å². The summed E-state index contributed by atoms with van der Waals surface area (Å²) >= 11 is 1.39. The van der Waals surface area contributed by atoms with E-state index in [1.165, 1.54) is 21.9 Å². The van der Waals surface area contributed by atoms with Gasteiger partial charge in [-0.25, -0.2) is 9.78 Å². The number of ether oxygens (including phenoxy) is 1. The second-order valence-electron chi connectivity index (χ2n) is 7.26. The van der Waals surface area contributed by atoms with E-state index in [4.69, 9.17) is 4.74 Å². The van der Waals surface area contributed by atoms with Gasteiger partial charge in [0.15, 0.2) is 0 Å². The molecule has 1 saturated carbocycles. The van der Waals surface area contributed by atoms with Gasteiger partial charge in [0.2, 0.25) is 10.9 Å². The van der Waals surface area contributed by atoms with Crippen LogP contribution in [0.5, 0.6) is 0 Å². The third-order valence-electron chi connectivity index (χ3n) is 4.52. The van der Waals surface area contributed by atoms with Gasteiger partial charge in [0.25, 0.3) is 5.56 Å². The Hall–Kier alpha value is -3.07. The number of esters is 1. The Morgan fingerprint density at radius 1 is 1.31 bits per heavy atom. The van der Waals surface area contributed by atoms with Gasteiger partial charge in [-0.3, -0.25) is 9.59 Å². The van der Waals surface area contributed by atoms with Crippen molar-refractivity contribution < 1.29 is 14.3 Å². The molecule has 0 radical (unpaired) electrons. The quantitative estimate of drug-likeness (QED) is 0.625. The SMILES string of the molecule is CC(C)C(=O)Nc1ccccc1C(=O)OCc1cc(=O)n2nc(C3CC3)sc2n1. The first-order valence-corrected chi connectivity index (χ1v) is 10.2. The third kappa shape index (κ3) is 4.19. The number of benzene rings is 1. The highest BCUT2D eigenvalue weighted by atomic mass is 32.1. The summed E-state index contributed by atoms with van der Waals surface area (Å²) in [6, 6.07) is 7.96. The molecule has 1 N–H and O–H groups in total. The van der Waals surface area contributed by atoms with E-state index in [-0.39, 0.29) is 29.6 Å². The van der Waals surface area contributed by atoms with Crippen molar-refractivity contribution in [3.63, 3.8) is 0 Å². The molecule has 29 heavy (non-hydrogen) atoms. The van der Waals surface area contributed by atoms with Crippen LogP contribution in [0.25, 0.3) is 4.96 Å². The van der Waals surface area contributed by atoms with E-state index < -0.39 is 5.97 Å². The van der Waals surface area contributed by atoms with E-state index in [1.807, 2.05) is 0 Å². The average Bonchev–Trinajstić information content (AvgIpc) is 3.45. The van der Waals surface area contributed by atoms with E-state index in [0.717, 1.165) is 17.8 Å². The fourth-order valence-electron chi connectivity index (χ4n) is 2.70. The number of aromatic nitrogens is 3. The van der Waals surface area contributed by atoms with Crippen LogP contribution in [0.15, 0.2) is 35.1 Å². The molecule has 1 amide bonds. The molecule has 1 fully saturated rings. The number of rotatable bonds is 6. The Morgan fingerprint density at radius 3 is 2.79 bits per heavy atom. The number of hydrogen-bond acceptors (Lipinski definition) is 7. The highest BCUT2D eigenvalue weighted by molar-refractivity contribution is 7.16. The third-order valence-corrected chi connectivity index (χ3v) is 5.59. The van der Waals surface area contributed by atoms with Crippen molar-refractivity contribution in [2.24, 2.45) is 5.92 Å². The molecule has 3 aromatic rings. The maximum absolute atomic E-state index is 12.5. The van der Waals surface area contributed by atoms with Crippen molar-refractivity contribution in [2.75, 3.05) is 5.32 Å². The molecule has 0 unspecified atom stereocenters. The molecule has 1 aliphatic rings. The molecule has 0 bridgehead atoms. The summed E-state index contributed by atoms with van der Waals surface area (Å²) in [5.41, 5.74) is 0.691. The topological polar surface area (TPSA) is 103 Å². The van der Waals surface area contributed by atoms with Crippen LogP contribution in [-0.2, 0) is 16.1 Å². The second-order valence-corrected chi connectivity index (χ2v) is 8.25. The molecule has 2 aromatic heterocycles. The Morgan fingerprint density at radius 2 is 2.07 bits per heavy atom. The molecule has 150 valence electrons. The van der Waals surface area contributed by atoms with Crippen LogP contribution < -0.4 is 10.9 Å².